The number of ether oxygens (including phenoxy) is 2. The van der Waals surface area contributed by atoms with Gasteiger partial charge < -0.3 is 20.3 Å². The van der Waals surface area contributed by atoms with Gasteiger partial charge in [0.1, 0.15) is 12.2 Å². The number of aliphatic hydroxyl groups excluding tert-OH is 1. The predicted molar refractivity (Wildman–Crippen MR) is 91.1 cm³/mol. The molecule has 2 aliphatic rings. The van der Waals surface area contributed by atoms with Crippen LogP contribution in [0.2, 0.25) is 0 Å². The molecule has 1 aliphatic heterocycles. The molecule has 11 heteroatoms. The van der Waals surface area contributed by atoms with Crippen molar-refractivity contribution in [2.45, 2.75) is 63.2 Å². The highest BCUT2D eigenvalue weighted by Crippen LogP contribution is 2.34. The molecular weight excluding hydrogens is 340 g/mol. The molecule has 0 spiro atoms. The van der Waals surface area contributed by atoms with Crippen LogP contribution < -0.4 is 10.5 Å². The molecule has 2 fully saturated rings. The van der Waals surface area contributed by atoms with Gasteiger partial charge in [-0.1, -0.05) is 5.11 Å². The van der Waals surface area contributed by atoms with Gasteiger partial charge in [0.15, 0.2) is 23.2 Å². The molecule has 138 valence electrons. The summed E-state index contributed by atoms with van der Waals surface area (Å²) in [5.74, 6) is 0.203. The van der Waals surface area contributed by atoms with Gasteiger partial charge in [-0.05, 0) is 38.1 Å². The molecule has 0 radical (unpaired) electrons. The van der Waals surface area contributed by atoms with Crippen LogP contribution in [0.25, 0.3) is 21.6 Å². The minimum atomic E-state index is -1.03. The molecule has 0 aromatic carbocycles. The Morgan fingerprint density at radius 2 is 2.19 bits per heavy atom. The lowest BCUT2D eigenvalue weighted by Gasteiger charge is -2.17. The number of fused-ring (bicyclic) bond motifs is 1. The van der Waals surface area contributed by atoms with Crippen molar-refractivity contribution in [2.24, 2.45) is 5.11 Å². The van der Waals surface area contributed by atoms with Crippen molar-refractivity contribution in [3.8, 4) is 6.01 Å². The summed E-state index contributed by atoms with van der Waals surface area (Å²) in [5.41, 5.74) is 15.5. The van der Waals surface area contributed by atoms with Crippen molar-refractivity contribution < 1.29 is 14.6 Å². The minimum absolute atomic E-state index is 0.0888. The van der Waals surface area contributed by atoms with E-state index in [0.717, 1.165) is 25.7 Å². The summed E-state index contributed by atoms with van der Waals surface area (Å²) in [6.45, 7) is 1.74. The Balaban J connectivity index is 1.69. The first kappa shape index (κ1) is 16.8. The molecule has 11 nitrogen and oxygen atoms in total. The van der Waals surface area contributed by atoms with Crippen LogP contribution in [0.15, 0.2) is 11.4 Å². The predicted octanol–water partition coefficient (Wildman–Crippen LogP) is 1.69. The van der Waals surface area contributed by atoms with Gasteiger partial charge in [-0.25, -0.2) is 4.98 Å². The normalized spacial score (nSPS) is 29.2. The first-order chi connectivity index (χ1) is 12.6. The largest absolute Gasteiger partial charge is 0.460 e. The monoisotopic (exact) mass is 360 g/mol. The summed E-state index contributed by atoms with van der Waals surface area (Å²) in [4.78, 5) is 15.6. The van der Waals surface area contributed by atoms with Crippen LogP contribution in [0, 0.1) is 0 Å². The third-order valence-electron chi connectivity index (χ3n) is 4.94. The summed E-state index contributed by atoms with van der Waals surface area (Å²) >= 11 is 0. The number of hydrogen-bond donors (Lipinski definition) is 2. The van der Waals surface area contributed by atoms with Gasteiger partial charge in [-0.15, -0.1) is 0 Å². The molecule has 4 rings (SSSR count). The molecule has 3 N–H and O–H groups in total. The Morgan fingerprint density at radius 3 is 2.92 bits per heavy atom. The van der Waals surface area contributed by atoms with Crippen LogP contribution in [-0.2, 0) is 4.74 Å². The zero-order chi connectivity index (χ0) is 18.3. The molecule has 3 heterocycles. The second-order valence-electron chi connectivity index (χ2n) is 6.66. The van der Waals surface area contributed by atoms with Gasteiger partial charge in [0, 0.05) is 4.91 Å². The van der Waals surface area contributed by atoms with Gasteiger partial charge in [-0.3, -0.25) is 4.57 Å². The highest BCUT2D eigenvalue weighted by atomic mass is 16.5. The van der Waals surface area contributed by atoms with Crippen LogP contribution in [0.5, 0.6) is 6.01 Å². The van der Waals surface area contributed by atoms with E-state index in [1.165, 1.54) is 6.33 Å². The van der Waals surface area contributed by atoms with Crippen LogP contribution in [0.3, 0.4) is 0 Å². The Kier molecular flexibility index (Phi) is 4.27. The number of azide groups is 1. The van der Waals surface area contributed by atoms with E-state index < -0.39 is 24.5 Å². The number of rotatable bonds is 4. The fourth-order valence-electron chi connectivity index (χ4n) is 3.59. The van der Waals surface area contributed by atoms with E-state index in [1.54, 1.807) is 11.5 Å². The number of imidazole rings is 1. The third-order valence-corrected chi connectivity index (χ3v) is 4.94. The Bertz CT molecular complexity index is 858. The maximum Gasteiger partial charge on any atom is 0.320 e. The number of anilines is 1. The number of nitrogens with zero attached hydrogens (tertiary/aromatic N) is 7. The van der Waals surface area contributed by atoms with E-state index in [-0.39, 0.29) is 17.9 Å². The van der Waals surface area contributed by atoms with Gasteiger partial charge in [0.25, 0.3) is 0 Å². The van der Waals surface area contributed by atoms with E-state index in [4.69, 9.17) is 20.7 Å². The van der Waals surface area contributed by atoms with Crippen LogP contribution in [0.4, 0.5) is 5.82 Å². The highest BCUT2D eigenvalue weighted by molar-refractivity contribution is 5.82. The second-order valence-corrected chi connectivity index (χ2v) is 6.66. The van der Waals surface area contributed by atoms with E-state index in [2.05, 4.69) is 25.0 Å². The van der Waals surface area contributed by atoms with Crippen molar-refractivity contribution in [1.82, 2.24) is 19.5 Å². The second kappa shape index (κ2) is 6.60. The smallest absolute Gasteiger partial charge is 0.320 e. The Labute approximate surface area is 148 Å². The first-order valence-corrected chi connectivity index (χ1v) is 8.63. The molecule has 4 atom stereocenters. The number of aromatic nitrogens is 4. The lowest BCUT2D eigenvalue weighted by Crippen LogP contribution is -2.28. The maximum absolute atomic E-state index is 10.5. The SMILES string of the molecule is C[C@H]1O[C@@H](n2cnc3c(N)nc(OC4CCCC4)nc32)[C@H](O)[C@H]1N=[N+]=[N-]. The van der Waals surface area contributed by atoms with Crippen molar-refractivity contribution in [3.05, 3.63) is 16.8 Å². The standard InChI is InChI=1S/C15H20N8O3/c1-7-9(21-22-17)11(24)14(25-7)23-6-18-10-12(16)19-15(20-13(10)23)26-8-4-2-3-5-8/h6-9,11,14,24H,2-5H2,1H3,(H2,16,19,20)/t7-,9+,11-,14-/m1/s1. The topological polar surface area (TPSA) is 157 Å². The molecule has 0 amide bonds. The molecule has 26 heavy (non-hydrogen) atoms. The first-order valence-electron chi connectivity index (χ1n) is 8.63. The van der Waals surface area contributed by atoms with Gasteiger partial charge in [0.2, 0.25) is 0 Å². The average molecular weight is 360 g/mol. The van der Waals surface area contributed by atoms with Crippen molar-refractivity contribution in [2.75, 3.05) is 5.73 Å². The zero-order valence-electron chi connectivity index (χ0n) is 14.3. The molecule has 2 aromatic heterocycles. The van der Waals surface area contributed by atoms with Crippen molar-refractivity contribution >= 4 is 17.0 Å². The molecule has 1 saturated carbocycles. The molecule has 1 saturated heterocycles. The van der Waals surface area contributed by atoms with E-state index in [9.17, 15) is 5.11 Å². The number of nitrogens with two attached hydrogens (primary N) is 1. The fourth-order valence-corrected chi connectivity index (χ4v) is 3.59. The summed E-state index contributed by atoms with van der Waals surface area (Å²) in [7, 11) is 0. The van der Waals surface area contributed by atoms with Gasteiger partial charge in [0.05, 0.1) is 18.5 Å². The maximum atomic E-state index is 10.5. The summed E-state index contributed by atoms with van der Waals surface area (Å²) < 4.78 is 13.2. The van der Waals surface area contributed by atoms with Crippen LogP contribution in [-0.4, -0.2) is 49.0 Å². The molecular formula is C15H20N8O3. The fraction of sp³-hybridized carbons (Fsp3) is 0.667. The molecule has 0 bridgehead atoms. The van der Waals surface area contributed by atoms with Crippen LogP contribution >= 0.6 is 0 Å². The Morgan fingerprint density at radius 1 is 1.42 bits per heavy atom. The van der Waals surface area contributed by atoms with Gasteiger partial charge >= 0.3 is 6.01 Å². The number of hydrogen-bond acceptors (Lipinski definition) is 8. The van der Waals surface area contributed by atoms with Crippen LogP contribution in [0.1, 0.15) is 38.8 Å². The average Bonchev–Trinajstić information content (AvgIpc) is 3.31. The van der Waals surface area contributed by atoms with Crippen molar-refractivity contribution in [3.63, 3.8) is 0 Å². The van der Waals surface area contributed by atoms with E-state index >= 15 is 0 Å². The van der Waals surface area contributed by atoms with Gasteiger partial charge in [-0.2, -0.15) is 9.97 Å². The van der Waals surface area contributed by atoms with E-state index in [1.807, 2.05) is 0 Å². The minimum Gasteiger partial charge on any atom is -0.460 e. The molecule has 0 unspecified atom stereocenters. The quantitative estimate of drug-likeness (QED) is 0.477. The Hall–Kier alpha value is -2.62. The number of aliphatic hydroxyl groups is 1. The zero-order valence-corrected chi connectivity index (χ0v) is 14.3. The molecule has 1 aliphatic carbocycles. The summed E-state index contributed by atoms with van der Waals surface area (Å²) in [5, 5.41) is 14.1. The van der Waals surface area contributed by atoms with Crippen molar-refractivity contribution in [1.29, 1.82) is 0 Å². The van der Waals surface area contributed by atoms with E-state index in [0.29, 0.717) is 11.2 Å². The lowest BCUT2D eigenvalue weighted by molar-refractivity contribution is -0.0298. The summed E-state index contributed by atoms with van der Waals surface area (Å²) in [6.07, 6.45) is 3.49. The summed E-state index contributed by atoms with van der Waals surface area (Å²) in [6, 6.07) is -0.508. The lowest BCUT2D eigenvalue weighted by atomic mass is 10.1. The highest BCUT2D eigenvalue weighted by Gasteiger charge is 2.42. The molecule has 2 aromatic rings. The third kappa shape index (κ3) is 2.79. The number of nitrogen functional groups attached to an aromatic ring is 1.